The van der Waals surface area contributed by atoms with Gasteiger partial charge in [0.2, 0.25) is 23.6 Å². The summed E-state index contributed by atoms with van der Waals surface area (Å²) in [6, 6.07) is 7.49. The second-order valence-electron chi connectivity index (χ2n) is 10.5. The molecule has 1 fully saturated rings. The van der Waals surface area contributed by atoms with Crippen molar-refractivity contribution < 1.29 is 19.2 Å². The van der Waals surface area contributed by atoms with E-state index in [0.29, 0.717) is 13.0 Å². The molecule has 0 bridgehead atoms. The first-order chi connectivity index (χ1) is 16.3. The van der Waals surface area contributed by atoms with Crippen LogP contribution in [-0.2, 0) is 19.2 Å². The minimum absolute atomic E-state index is 0.0986. The van der Waals surface area contributed by atoms with Gasteiger partial charge >= 0.3 is 0 Å². The van der Waals surface area contributed by atoms with Crippen LogP contribution < -0.4 is 21.3 Å². The zero-order valence-corrected chi connectivity index (χ0v) is 22.0. The number of nitrogens with one attached hydrogen (secondary N) is 4. The molecular weight excluding hydrogens is 446 g/mol. The number of likely N-dealkylation sites (tertiary alicyclic amines) is 1. The second kappa shape index (κ2) is 12.2. The Morgan fingerprint density at radius 1 is 1.09 bits per heavy atom. The van der Waals surface area contributed by atoms with Gasteiger partial charge in [0.1, 0.15) is 12.1 Å². The monoisotopic (exact) mass is 487 g/mol. The third-order valence-corrected chi connectivity index (χ3v) is 6.47. The van der Waals surface area contributed by atoms with Crippen LogP contribution in [0.25, 0.3) is 0 Å². The SMILES string of the molecule is CN[C@@H](C)C(=O)N[C@H](C(=O)N1C[C@@H](NC(C)=O)C[C@H]1C(=O)NC[C@H](C)c1ccccc1)C(C)(C)C. The zero-order chi connectivity index (χ0) is 26.3. The summed E-state index contributed by atoms with van der Waals surface area (Å²) in [5, 5.41) is 11.6. The van der Waals surface area contributed by atoms with Crippen LogP contribution in [-0.4, -0.2) is 72.8 Å². The Balaban J connectivity index is 2.22. The number of amides is 4. The number of nitrogens with zero attached hydrogens (tertiary/aromatic N) is 1. The normalized spacial score (nSPS) is 20.5. The molecule has 0 saturated carbocycles. The van der Waals surface area contributed by atoms with E-state index in [1.807, 2.05) is 58.0 Å². The smallest absolute Gasteiger partial charge is 0.246 e. The molecule has 4 N–H and O–H groups in total. The predicted octanol–water partition coefficient (Wildman–Crippen LogP) is 1.15. The quantitative estimate of drug-likeness (QED) is 0.417. The summed E-state index contributed by atoms with van der Waals surface area (Å²) in [5.41, 5.74) is 0.521. The zero-order valence-electron chi connectivity index (χ0n) is 22.0. The summed E-state index contributed by atoms with van der Waals surface area (Å²) in [5.74, 6) is -1.02. The average molecular weight is 488 g/mol. The van der Waals surface area contributed by atoms with Crippen LogP contribution in [0, 0.1) is 5.41 Å². The van der Waals surface area contributed by atoms with Crippen molar-refractivity contribution in [3.63, 3.8) is 0 Å². The van der Waals surface area contributed by atoms with Crippen LogP contribution in [0.1, 0.15) is 59.4 Å². The predicted molar refractivity (Wildman–Crippen MR) is 135 cm³/mol. The lowest BCUT2D eigenvalue weighted by atomic mass is 9.85. The van der Waals surface area contributed by atoms with Crippen LogP contribution in [0.5, 0.6) is 0 Å². The molecule has 2 rings (SSSR count). The van der Waals surface area contributed by atoms with Crippen molar-refractivity contribution >= 4 is 23.6 Å². The second-order valence-corrected chi connectivity index (χ2v) is 10.5. The summed E-state index contributed by atoms with van der Waals surface area (Å²) in [4.78, 5) is 52.8. The van der Waals surface area contributed by atoms with Gasteiger partial charge in [0, 0.05) is 26.1 Å². The number of hydrogen-bond donors (Lipinski definition) is 4. The third kappa shape index (κ3) is 7.78. The van der Waals surface area contributed by atoms with E-state index in [9.17, 15) is 19.2 Å². The van der Waals surface area contributed by atoms with E-state index in [1.165, 1.54) is 11.8 Å². The lowest BCUT2D eigenvalue weighted by Crippen LogP contribution is -2.59. The first-order valence-electron chi connectivity index (χ1n) is 12.2. The van der Waals surface area contributed by atoms with E-state index in [2.05, 4.69) is 21.3 Å². The molecule has 1 aliphatic heterocycles. The summed E-state index contributed by atoms with van der Waals surface area (Å²) in [7, 11) is 1.67. The fraction of sp³-hybridized carbons (Fsp3) is 0.615. The van der Waals surface area contributed by atoms with Gasteiger partial charge in [0.15, 0.2) is 0 Å². The van der Waals surface area contributed by atoms with E-state index in [0.717, 1.165) is 5.56 Å². The maximum atomic E-state index is 13.7. The van der Waals surface area contributed by atoms with Crippen LogP contribution in [0.15, 0.2) is 30.3 Å². The topological polar surface area (TPSA) is 120 Å². The van der Waals surface area contributed by atoms with Gasteiger partial charge in [-0.2, -0.15) is 0 Å². The molecule has 4 amide bonds. The molecule has 9 heteroatoms. The van der Waals surface area contributed by atoms with E-state index in [4.69, 9.17) is 0 Å². The lowest BCUT2D eigenvalue weighted by Gasteiger charge is -2.36. The molecule has 9 nitrogen and oxygen atoms in total. The standard InChI is InChI=1S/C26H41N5O4/c1-16(19-11-9-8-10-12-19)14-28-24(34)21-13-20(29-18(3)32)15-31(21)25(35)22(26(4,5)6)30-23(33)17(2)27-7/h8-12,16-17,20-22,27H,13-15H2,1-7H3,(H,28,34)(H,29,32)(H,30,33)/t16-,17-,20-,21-,22+/m0/s1. The highest BCUT2D eigenvalue weighted by atomic mass is 16.2. The summed E-state index contributed by atoms with van der Waals surface area (Å²) in [6.45, 7) is 11.4. The maximum Gasteiger partial charge on any atom is 0.246 e. The third-order valence-electron chi connectivity index (χ3n) is 6.47. The molecule has 1 aromatic rings. The minimum Gasteiger partial charge on any atom is -0.354 e. The van der Waals surface area contributed by atoms with Gasteiger partial charge in [-0.15, -0.1) is 0 Å². The minimum atomic E-state index is -0.833. The number of carbonyl (C=O) groups is 4. The van der Waals surface area contributed by atoms with Gasteiger partial charge in [-0.3, -0.25) is 19.2 Å². The molecular formula is C26H41N5O4. The Bertz CT molecular complexity index is 899. The van der Waals surface area contributed by atoms with Crippen molar-refractivity contribution in [2.24, 2.45) is 5.41 Å². The van der Waals surface area contributed by atoms with Gasteiger partial charge < -0.3 is 26.2 Å². The molecule has 0 spiro atoms. The van der Waals surface area contributed by atoms with Gasteiger partial charge in [-0.1, -0.05) is 58.0 Å². The fourth-order valence-electron chi connectivity index (χ4n) is 4.20. The lowest BCUT2D eigenvalue weighted by molar-refractivity contribution is -0.144. The molecule has 5 atom stereocenters. The summed E-state index contributed by atoms with van der Waals surface area (Å²) in [6.07, 6.45) is 0.314. The van der Waals surface area contributed by atoms with Crippen molar-refractivity contribution in [3.05, 3.63) is 35.9 Å². The molecule has 1 saturated heterocycles. The van der Waals surface area contributed by atoms with Crippen molar-refractivity contribution in [1.29, 1.82) is 0 Å². The van der Waals surface area contributed by atoms with Gasteiger partial charge in [-0.25, -0.2) is 0 Å². The number of likely N-dealkylation sites (N-methyl/N-ethyl adjacent to an activating group) is 1. The van der Waals surface area contributed by atoms with E-state index in [1.54, 1.807) is 14.0 Å². The van der Waals surface area contributed by atoms with Gasteiger partial charge in [0.05, 0.1) is 6.04 Å². The van der Waals surface area contributed by atoms with Crippen LogP contribution >= 0.6 is 0 Å². The molecule has 35 heavy (non-hydrogen) atoms. The maximum absolute atomic E-state index is 13.7. The highest BCUT2D eigenvalue weighted by Gasteiger charge is 2.45. The molecule has 1 aromatic carbocycles. The number of benzene rings is 1. The summed E-state index contributed by atoms with van der Waals surface area (Å²) >= 11 is 0. The molecule has 0 aromatic heterocycles. The molecule has 1 heterocycles. The van der Waals surface area contributed by atoms with Crippen LogP contribution in [0.2, 0.25) is 0 Å². The highest BCUT2D eigenvalue weighted by molar-refractivity contribution is 5.94. The van der Waals surface area contributed by atoms with Crippen molar-refractivity contribution in [2.45, 2.75) is 78.0 Å². The largest absolute Gasteiger partial charge is 0.354 e. The fourth-order valence-corrected chi connectivity index (χ4v) is 4.20. The Morgan fingerprint density at radius 3 is 2.26 bits per heavy atom. The van der Waals surface area contributed by atoms with Gasteiger partial charge in [0.25, 0.3) is 0 Å². The Labute approximate surface area is 208 Å². The molecule has 0 unspecified atom stereocenters. The highest BCUT2D eigenvalue weighted by Crippen LogP contribution is 2.26. The van der Waals surface area contributed by atoms with Crippen LogP contribution in [0.3, 0.4) is 0 Å². The average Bonchev–Trinajstić information content (AvgIpc) is 3.22. The van der Waals surface area contributed by atoms with Crippen molar-refractivity contribution in [2.75, 3.05) is 20.1 Å². The number of hydrogen-bond acceptors (Lipinski definition) is 5. The molecule has 1 aliphatic rings. The first kappa shape index (κ1) is 28.3. The number of carbonyl (C=O) groups excluding carboxylic acids is 4. The van der Waals surface area contributed by atoms with E-state index >= 15 is 0 Å². The Morgan fingerprint density at radius 2 is 1.71 bits per heavy atom. The van der Waals surface area contributed by atoms with Crippen molar-refractivity contribution in [1.82, 2.24) is 26.2 Å². The Kier molecular flexibility index (Phi) is 9.82. The molecule has 0 aliphatic carbocycles. The van der Waals surface area contributed by atoms with Gasteiger partial charge in [-0.05, 0) is 37.3 Å². The van der Waals surface area contributed by atoms with E-state index < -0.39 is 23.5 Å². The Hall–Kier alpha value is -2.94. The van der Waals surface area contributed by atoms with E-state index in [-0.39, 0.29) is 42.1 Å². The van der Waals surface area contributed by atoms with Crippen molar-refractivity contribution in [3.8, 4) is 0 Å². The molecule has 194 valence electrons. The molecule has 0 radical (unpaired) electrons. The summed E-state index contributed by atoms with van der Waals surface area (Å²) < 4.78 is 0. The van der Waals surface area contributed by atoms with Crippen LogP contribution in [0.4, 0.5) is 0 Å². The number of rotatable bonds is 9. The first-order valence-corrected chi connectivity index (χ1v) is 12.2.